The monoisotopic (exact) mass is 377 g/mol. The molecule has 0 bridgehead atoms. The molecule has 1 aromatic carbocycles. The fourth-order valence-electron chi connectivity index (χ4n) is 2.00. The van der Waals surface area contributed by atoms with Crippen LogP contribution in [0.3, 0.4) is 0 Å². The van der Waals surface area contributed by atoms with E-state index in [0.717, 1.165) is 40.3 Å². The molecule has 0 saturated heterocycles. The maximum Gasteiger partial charge on any atom is 0.114 e. The number of hydrogen-bond donors (Lipinski definition) is 1. The molecule has 1 aliphatic rings. The molecular formula is C14H17ClINO. The average Bonchev–Trinajstić information content (AvgIpc) is 2.88. The van der Waals surface area contributed by atoms with Crippen LogP contribution in [0.1, 0.15) is 31.4 Å². The molecule has 1 atom stereocenters. The van der Waals surface area contributed by atoms with E-state index in [9.17, 15) is 0 Å². The summed E-state index contributed by atoms with van der Waals surface area (Å²) >= 11 is 8.45. The zero-order valence-corrected chi connectivity index (χ0v) is 13.3. The van der Waals surface area contributed by atoms with Gasteiger partial charge in [-0.1, -0.05) is 24.6 Å². The molecule has 2 rings (SSSR count). The maximum absolute atomic E-state index is 6.20. The first kappa shape index (κ1) is 14.2. The summed E-state index contributed by atoms with van der Waals surface area (Å²) in [5, 5.41) is 4.32. The molecule has 0 amide bonds. The van der Waals surface area contributed by atoms with Crippen molar-refractivity contribution in [2.45, 2.75) is 25.8 Å². The van der Waals surface area contributed by atoms with Crippen LogP contribution in [0.2, 0.25) is 5.02 Å². The topological polar surface area (TPSA) is 21.3 Å². The highest BCUT2D eigenvalue weighted by molar-refractivity contribution is 14.1. The fourth-order valence-corrected chi connectivity index (χ4v) is 2.53. The average molecular weight is 378 g/mol. The van der Waals surface area contributed by atoms with Gasteiger partial charge in [0.1, 0.15) is 5.76 Å². The van der Waals surface area contributed by atoms with Crippen LogP contribution in [0.15, 0.2) is 30.0 Å². The van der Waals surface area contributed by atoms with Crippen molar-refractivity contribution in [3.8, 4) is 0 Å². The predicted octanol–water partition coefficient (Wildman–Crippen LogP) is 4.29. The van der Waals surface area contributed by atoms with Gasteiger partial charge in [0, 0.05) is 9.99 Å². The first-order chi connectivity index (χ1) is 8.72. The first-order valence-electron chi connectivity index (χ1n) is 6.23. The van der Waals surface area contributed by atoms with Gasteiger partial charge in [-0.25, -0.2) is 0 Å². The van der Waals surface area contributed by atoms with E-state index in [1.54, 1.807) is 0 Å². The lowest BCUT2D eigenvalue weighted by atomic mass is 10.0. The van der Waals surface area contributed by atoms with Crippen molar-refractivity contribution < 1.29 is 4.74 Å². The van der Waals surface area contributed by atoms with Crippen LogP contribution in [0.5, 0.6) is 0 Å². The van der Waals surface area contributed by atoms with Crippen molar-refractivity contribution in [1.82, 2.24) is 5.32 Å². The van der Waals surface area contributed by atoms with Crippen molar-refractivity contribution in [3.63, 3.8) is 0 Å². The number of rotatable bonds is 5. The Morgan fingerprint density at radius 1 is 1.50 bits per heavy atom. The molecule has 0 radical (unpaired) electrons. The van der Waals surface area contributed by atoms with E-state index in [-0.39, 0.29) is 6.04 Å². The first-order valence-corrected chi connectivity index (χ1v) is 7.69. The Morgan fingerprint density at radius 3 is 2.94 bits per heavy atom. The van der Waals surface area contributed by atoms with Crippen LogP contribution in [0.4, 0.5) is 0 Å². The molecular weight excluding hydrogens is 361 g/mol. The second kappa shape index (κ2) is 6.78. The fraction of sp³-hybridized carbons (Fsp3) is 0.429. The molecule has 1 aromatic rings. The minimum absolute atomic E-state index is 0.127. The van der Waals surface area contributed by atoms with Crippen molar-refractivity contribution in [2.75, 3.05) is 13.2 Å². The molecule has 0 fully saturated rings. The molecule has 0 aliphatic carbocycles. The second-order valence-corrected chi connectivity index (χ2v) is 5.87. The Morgan fingerprint density at radius 2 is 2.33 bits per heavy atom. The van der Waals surface area contributed by atoms with Gasteiger partial charge in [-0.05, 0) is 59.3 Å². The summed E-state index contributed by atoms with van der Waals surface area (Å²) in [4.78, 5) is 0. The molecule has 4 heteroatoms. The van der Waals surface area contributed by atoms with E-state index >= 15 is 0 Å². The summed E-state index contributed by atoms with van der Waals surface area (Å²) in [7, 11) is 0. The number of ether oxygens (including phenoxy) is 1. The van der Waals surface area contributed by atoms with Crippen LogP contribution in [0.25, 0.3) is 0 Å². The largest absolute Gasteiger partial charge is 0.496 e. The molecule has 1 aliphatic heterocycles. The molecule has 18 heavy (non-hydrogen) atoms. The SMILES string of the molecule is CCCNC(C1=CCCO1)c1ccc(I)c(Cl)c1. The standard InChI is InChI=1S/C14H17ClINO/c1-2-7-17-14(13-4-3-8-18-13)10-5-6-12(16)11(15)9-10/h4-6,9,14,17H,2-3,7-8H2,1H3. The van der Waals surface area contributed by atoms with Gasteiger partial charge in [-0.2, -0.15) is 0 Å². The number of benzene rings is 1. The summed E-state index contributed by atoms with van der Waals surface area (Å²) in [6, 6.07) is 6.32. The van der Waals surface area contributed by atoms with Gasteiger partial charge in [0.05, 0.1) is 17.7 Å². The minimum Gasteiger partial charge on any atom is -0.496 e. The van der Waals surface area contributed by atoms with E-state index < -0.39 is 0 Å². The zero-order chi connectivity index (χ0) is 13.0. The lowest BCUT2D eigenvalue weighted by Crippen LogP contribution is -2.24. The van der Waals surface area contributed by atoms with Gasteiger partial charge in [0.2, 0.25) is 0 Å². The van der Waals surface area contributed by atoms with Gasteiger partial charge in [-0.15, -0.1) is 0 Å². The summed E-state index contributed by atoms with van der Waals surface area (Å²) < 4.78 is 6.77. The number of nitrogens with one attached hydrogen (secondary N) is 1. The highest BCUT2D eigenvalue weighted by atomic mass is 127. The Hall–Kier alpha value is -0.260. The summed E-state index contributed by atoms with van der Waals surface area (Å²) in [5.41, 5.74) is 1.17. The second-order valence-electron chi connectivity index (χ2n) is 4.30. The molecule has 1 unspecified atom stereocenters. The van der Waals surface area contributed by atoms with Crippen LogP contribution in [-0.4, -0.2) is 13.2 Å². The predicted molar refractivity (Wildman–Crippen MR) is 83.9 cm³/mol. The quantitative estimate of drug-likeness (QED) is 0.773. The van der Waals surface area contributed by atoms with Gasteiger partial charge in [0.15, 0.2) is 0 Å². The molecule has 2 nitrogen and oxygen atoms in total. The normalized spacial score (nSPS) is 16.3. The van der Waals surface area contributed by atoms with E-state index in [4.69, 9.17) is 16.3 Å². The highest BCUT2D eigenvalue weighted by Crippen LogP contribution is 2.29. The maximum atomic E-state index is 6.20. The molecule has 98 valence electrons. The van der Waals surface area contributed by atoms with E-state index in [0.29, 0.717) is 0 Å². The molecule has 1 N–H and O–H groups in total. The van der Waals surface area contributed by atoms with Crippen LogP contribution in [-0.2, 0) is 4.74 Å². The zero-order valence-electron chi connectivity index (χ0n) is 10.4. The minimum atomic E-state index is 0.127. The van der Waals surface area contributed by atoms with Gasteiger partial charge in [-0.3, -0.25) is 0 Å². The Labute approximate surface area is 127 Å². The van der Waals surface area contributed by atoms with Crippen LogP contribution >= 0.6 is 34.2 Å². The van der Waals surface area contributed by atoms with Crippen molar-refractivity contribution in [3.05, 3.63) is 44.2 Å². The molecule has 0 aromatic heterocycles. The van der Waals surface area contributed by atoms with E-state index in [1.807, 2.05) is 12.1 Å². The van der Waals surface area contributed by atoms with Gasteiger partial charge >= 0.3 is 0 Å². The smallest absolute Gasteiger partial charge is 0.114 e. The highest BCUT2D eigenvalue weighted by Gasteiger charge is 2.20. The third-order valence-corrected chi connectivity index (χ3v) is 4.46. The van der Waals surface area contributed by atoms with Crippen LogP contribution < -0.4 is 5.32 Å². The molecule has 0 saturated carbocycles. The number of hydrogen-bond acceptors (Lipinski definition) is 2. The Bertz CT molecular complexity index is 447. The van der Waals surface area contributed by atoms with Crippen molar-refractivity contribution >= 4 is 34.2 Å². The Kier molecular flexibility index (Phi) is 5.33. The third kappa shape index (κ3) is 3.39. The van der Waals surface area contributed by atoms with Crippen molar-refractivity contribution in [2.24, 2.45) is 0 Å². The lowest BCUT2D eigenvalue weighted by Gasteiger charge is -2.20. The molecule has 0 spiro atoms. The summed E-state index contributed by atoms with van der Waals surface area (Å²) in [6.45, 7) is 3.92. The Balaban J connectivity index is 2.23. The summed E-state index contributed by atoms with van der Waals surface area (Å²) in [5.74, 6) is 1.03. The van der Waals surface area contributed by atoms with E-state index in [2.05, 4.69) is 47.0 Å². The van der Waals surface area contributed by atoms with Crippen molar-refractivity contribution in [1.29, 1.82) is 0 Å². The third-order valence-electron chi connectivity index (χ3n) is 2.89. The van der Waals surface area contributed by atoms with E-state index in [1.165, 1.54) is 5.56 Å². The number of halogens is 2. The van der Waals surface area contributed by atoms with Crippen LogP contribution in [0, 0.1) is 3.57 Å². The van der Waals surface area contributed by atoms with Gasteiger partial charge < -0.3 is 10.1 Å². The lowest BCUT2D eigenvalue weighted by molar-refractivity contribution is 0.215. The summed E-state index contributed by atoms with van der Waals surface area (Å²) in [6.07, 6.45) is 4.26. The molecule has 1 heterocycles. The van der Waals surface area contributed by atoms with Gasteiger partial charge in [0.25, 0.3) is 0 Å².